The number of piperidine rings is 1. The van der Waals surface area contributed by atoms with Crippen LogP contribution in [0.3, 0.4) is 0 Å². The second-order valence-electron chi connectivity index (χ2n) is 12.5. The van der Waals surface area contributed by atoms with Crippen LogP contribution < -0.4 is 22.5 Å². The predicted molar refractivity (Wildman–Crippen MR) is 192 cm³/mol. The molecule has 1 saturated heterocycles. The molecule has 50 heavy (non-hydrogen) atoms. The highest BCUT2D eigenvalue weighted by atomic mass is 35.5. The summed E-state index contributed by atoms with van der Waals surface area (Å²) in [7, 11) is 1.70. The molecule has 5 N–H and O–H groups in total. The lowest BCUT2D eigenvalue weighted by molar-refractivity contribution is -0.135. The van der Waals surface area contributed by atoms with Gasteiger partial charge in [-0.1, -0.05) is 30.3 Å². The van der Waals surface area contributed by atoms with Crippen LogP contribution in [0.25, 0.3) is 11.0 Å². The first kappa shape index (κ1) is 40.8. The number of aromatic nitrogens is 2. The molecule has 0 aliphatic carbocycles. The highest BCUT2D eigenvalue weighted by molar-refractivity contribution is 6.00. The van der Waals surface area contributed by atoms with Gasteiger partial charge in [-0.3, -0.25) is 28.8 Å². The molecular weight excluding hydrogens is 666 g/mol. The zero-order valence-electron chi connectivity index (χ0n) is 29.1. The maximum absolute atomic E-state index is 12.9. The number of benzene rings is 2. The lowest BCUT2D eigenvalue weighted by Gasteiger charge is -2.21. The maximum atomic E-state index is 12.9. The summed E-state index contributed by atoms with van der Waals surface area (Å²) in [5, 5.41) is 2.34. The highest BCUT2D eigenvalue weighted by Crippen LogP contribution is 2.24. The van der Waals surface area contributed by atoms with E-state index in [2.05, 4.69) is 29.6 Å². The van der Waals surface area contributed by atoms with Gasteiger partial charge in [0, 0.05) is 39.1 Å². The smallest absolute Gasteiger partial charge is 0.329 e. The lowest BCUT2D eigenvalue weighted by Crippen LogP contribution is -2.44. The fourth-order valence-electron chi connectivity index (χ4n) is 5.79. The molecule has 3 atom stereocenters. The van der Waals surface area contributed by atoms with Crippen LogP contribution in [0, 0.1) is 0 Å². The molecule has 2 aromatic carbocycles. The number of hydrogen-bond donors (Lipinski definition) is 3. The molecule has 1 aliphatic rings. The van der Waals surface area contributed by atoms with Crippen LogP contribution in [0.4, 0.5) is 0 Å². The van der Waals surface area contributed by atoms with Crippen molar-refractivity contribution in [1.82, 2.24) is 14.5 Å². The van der Waals surface area contributed by atoms with Gasteiger partial charge < -0.3 is 30.4 Å². The molecule has 0 bridgehead atoms. The normalized spacial score (nSPS) is 15.9. The third-order valence-electron chi connectivity index (χ3n) is 8.79. The number of nitrogens with zero attached hydrogens (tertiary/aromatic N) is 2. The molecule has 4 rings (SSSR count). The molecule has 0 spiro atoms. The van der Waals surface area contributed by atoms with Crippen molar-refractivity contribution in [2.45, 2.75) is 83.1 Å². The van der Waals surface area contributed by atoms with Crippen LogP contribution in [0.1, 0.15) is 68.2 Å². The molecule has 1 fully saturated rings. The number of carbonyl (C=O) groups excluding carboxylic acids is 3. The molecule has 0 saturated carbocycles. The summed E-state index contributed by atoms with van der Waals surface area (Å²) in [6.07, 6.45) is 4.59. The summed E-state index contributed by atoms with van der Waals surface area (Å²) in [6, 6.07) is 13.2. The van der Waals surface area contributed by atoms with Crippen molar-refractivity contribution in [1.29, 1.82) is 0 Å². The Bertz CT molecular complexity index is 1590. The molecule has 2 heterocycles. The first-order valence-corrected chi connectivity index (χ1v) is 17.1. The van der Waals surface area contributed by atoms with Crippen LogP contribution in [-0.4, -0.2) is 78.6 Å². The lowest BCUT2D eigenvalue weighted by atomic mass is 10.1. The van der Waals surface area contributed by atoms with E-state index < -0.39 is 11.9 Å². The fraction of sp³-hybridized carbons (Fsp3) is 0.556. The number of ether oxygens (including phenoxy) is 4. The van der Waals surface area contributed by atoms with E-state index in [0.717, 1.165) is 42.3 Å². The van der Waals surface area contributed by atoms with E-state index in [9.17, 15) is 19.2 Å². The van der Waals surface area contributed by atoms with E-state index in [1.807, 2.05) is 25.1 Å². The molecule has 1 unspecified atom stereocenters. The van der Waals surface area contributed by atoms with E-state index in [4.69, 9.17) is 30.4 Å². The number of carbonyl (C=O) groups is 3. The van der Waals surface area contributed by atoms with E-state index in [0.29, 0.717) is 64.6 Å². The largest absolute Gasteiger partial charge is 0.379 e. The molecule has 1 aliphatic heterocycles. The number of imidazole rings is 1. The quantitative estimate of drug-likeness (QED) is 0.104. The van der Waals surface area contributed by atoms with Crippen molar-refractivity contribution in [3.63, 3.8) is 0 Å². The molecule has 3 aromatic rings. The Labute approximate surface area is 299 Å². The van der Waals surface area contributed by atoms with Gasteiger partial charge >= 0.3 is 5.69 Å². The fourth-order valence-corrected chi connectivity index (χ4v) is 5.79. The Hall–Kier alpha value is -3.59. The van der Waals surface area contributed by atoms with Crippen molar-refractivity contribution in [2.75, 3.05) is 39.6 Å². The van der Waals surface area contributed by atoms with E-state index in [-0.39, 0.29) is 54.9 Å². The average molecular weight is 718 g/mol. The van der Waals surface area contributed by atoms with Gasteiger partial charge in [0.05, 0.1) is 50.2 Å². The van der Waals surface area contributed by atoms with Gasteiger partial charge in [0.15, 0.2) is 0 Å². The Morgan fingerprint density at radius 1 is 0.880 bits per heavy atom. The number of nitrogens with two attached hydrogens (primary N) is 2. The number of aryl methyl sites for hydroxylation is 3. The Kier molecular flexibility index (Phi) is 17.1. The summed E-state index contributed by atoms with van der Waals surface area (Å²) in [5.74, 6) is -1.09. The number of amides is 3. The molecule has 0 radical (unpaired) electrons. The Balaban J connectivity index is 0.00000676. The van der Waals surface area contributed by atoms with Crippen LogP contribution >= 0.6 is 12.4 Å². The topological polar surface area (TPSA) is 179 Å². The number of nitrogens with one attached hydrogen (secondary N) is 1. The summed E-state index contributed by atoms with van der Waals surface area (Å²) < 4.78 is 25.9. The number of fused-ring (bicyclic) bond motifs is 1. The first-order chi connectivity index (χ1) is 23.6. The summed E-state index contributed by atoms with van der Waals surface area (Å²) >= 11 is 0. The molecule has 14 heteroatoms. The summed E-state index contributed by atoms with van der Waals surface area (Å²) in [5.41, 5.74) is 15.8. The van der Waals surface area contributed by atoms with Gasteiger partial charge in [-0.15, -0.1) is 12.4 Å². The summed E-state index contributed by atoms with van der Waals surface area (Å²) in [6.45, 7) is 5.68. The van der Waals surface area contributed by atoms with Gasteiger partial charge in [-0.05, 0) is 74.3 Å². The third-order valence-corrected chi connectivity index (χ3v) is 8.79. The Morgan fingerprint density at radius 2 is 1.46 bits per heavy atom. The molecule has 13 nitrogen and oxygen atoms in total. The number of primary amides is 1. The second kappa shape index (κ2) is 20.9. The van der Waals surface area contributed by atoms with E-state index >= 15 is 0 Å². The van der Waals surface area contributed by atoms with Crippen molar-refractivity contribution in [2.24, 2.45) is 18.5 Å². The minimum absolute atomic E-state index is 0. The van der Waals surface area contributed by atoms with E-state index in [1.165, 1.54) is 10.1 Å². The minimum atomic E-state index is -0.687. The monoisotopic (exact) mass is 717 g/mol. The van der Waals surface area contributed by atoms with Gasteiger partial charge in [-0.25, -0.2) is 4.79 Å². The van der Waals surface area contributed by atoms with Crippen molar-refractivity contribution in [3.05, 3.63) is 69.6 Å². The number of imide groups is 1. The molecular formula is C36H52ClN5O8. The first-order valence-electron chi connectivity index (χ1n) is 17.1. The van der Waals surface area contributed by atoms with Gasteiger partial charge in [0.25, 0.3) is 0 Å². The van der Waals surface area contributed by atoms with Gasteiger partial charge in [0.2, 0.25) is 17.7 Å². The van der Waals surface area contributed by atoms with Crippen molar-refractivity contribution < 1.29 is 33.3 Å². The number of halogens is 1. The average Bonchev–Trinajstić information content (AvgIpc) is 3.33. The van der Waals surface area contributed by atoms with Crippen LogP contribution in [-0.2, 0) is 59.8 Å². The van der Waals surface area contributed by atoms with Crippen LogP contribution in [0.15, 0.2) is 47.3 Å². The Morgan fingerprint density at radius 3 is 2.08 bits per heavy atom. The second-order valence-corrected chi connectivity index (χ2v) is 12.5. The van der Waals surface area contributed by atoms with Gasteiger partial charge in [0.1, 0.15) is 6.04 Å². The van der Waals surface area contributed by atoms with Crippen LogP contribution in [0.2, 0.25) is 0 Å². The maximum Gasteiger partial charge on any atom is 0.329 e. The molecule has 276 valence electrons. The predicted octanol–water partition coefficient (Wildman–Crippen LogP) is 2.85. The zero-order valence-corrected chi connectivity index (χ0v) is 29.9. The molecule has 3 amide bonds. The summed E-state index contributed by atoms with van der Waals surface area (Å²) in [4.78, 5) is 47.8. The third kappa shape index (κ3) is 12.3. The number of hydrogen-bond acceptors (Lipinski definition) is 9. The van der Waals surface area contributed by atoms with Crippen molar-refractivity contribution >= 4 is 41.2 Å². The van der Waals surface area contributed by atoms with Gasteiger partial charge in [-0.2, -0.15) is 0 Å². The SMILES string of the molecule is C[C@@H](OCc1ccc(CCCOCCOCCOCCCc2ccc3c(c2)n(C)c(=O)n3C2CCC(=O)NC2=O)cc1)[C@@H](N)CCC(N)=O.Cl. The zero-order chi connectivity index (χ0) is 35.2. The van der Waals surface area contributed by atoms with Crippen molar-refractivity contribution in [3.8, 4) is 0 Å². The van der Waals surface area contributed by atoms with E-state index in [1.54, 1.807) is 11.6 Å². The molecule has 1 aromatic heterocycles. The minimum Gasteiger partial charge on any atom is -0.379 e. The standard InChI is InChI=1S/C36H51N5O8.ClH/c1-25(29(37)12-15-33(38)42)49-24-28-9-7-26(8-10-28)5-3-17-46-19-21-48-22-20-47-18-4-6-27-11-13-30-32(23-27)40(2)36(45)41(30)31-14-16-34(43)39-35(31)44;/h7-11,13,23,25,29,31H,3-6,12,14-22,24,37H2,1-2H3,(H2,38,42)(H,39,43,44);1H/t25-,29+,31?;/m1./s1. The number of rotatable bonds is 22. The van der Waals surface area contributed by atoms with Crippen LogP contribution in [0.5, 0.6) is 0 Å². The highest BCUT2D eigenvalue weighted by Gasteiger charge is 2.31.